The van der Waals surface area contributed by atoms with Gasteiger partial charge in [0, 0.05) is 26.2 Å². The molecule has 5 nitrogen and oxygen atoms in total. The van der Waals surface area contributed by atoms with Gasteiger partial charge in [-0.3, -0.25) is 0 Å². The Labute approximate surface area is 84.7 Å². The van der Waals surface area contributed by atoms with Crippen molar-refractivity contribution in [1.29, 1.82) is 0 Å². The Balaban J connectivity index is 2.14. The van der Waals surface area contributed by atoms with Crippen LogP contribution in [-0.4, -0.2) is 67.3 Å². The average Bonchev–Trinajstić information content (AvgIpc) is 2.30. The van der Waals surface area contributed by atoms with Crippen LogP contribution in [0.3, 0.4) is 0 Å². The van der Waals surface area contributed by atoms with Gasteiger partial charge >= 0.3 is 6.09 Å². The van der Waals surface area contributed by atoms with Crippen LogP contribution in [0.2, 0.25) is 0 Å². The van der Waals surface area contributed by atoms with Gasteiger partial charge in [-0.25, -0.2) is 4.79 Å². The molecule has 82 valence electrons. The maximum atomic E-state index is 10.2. The van der Waals surface area contributed by atoms with E-state index in [9.17, 15) is 4.79 Å². The monoisotopic (exact) mass is 201 g/mol. The molecule has 0 unspecified atom stereocenters. The summed E-state index contributed by atoms with van der Waals surface area (Å²) in [5.41, 5.74) is 0. The molecule has 0 radical (unpaired) electrons. The van der Waals surface area contributed by atoms with E-state index in [0.29, 0.717) is 6.54 Å². The Morgan fingerprint density at radius 2 is 2.14 bits per heavy atom. The third kappa shape index (κ3) is 4.43. The topological polar surface area (TPSA) is 55.8 Å². The summed E-state index contributed by atoms with van der Waals surface area (Å²) in [4.78, 5) is 14.8. The highest BCUT2D eigenvalue weighted by Gasteiger charge is 2.11. The fourth-order valence-electron chi connectivity index (χ4n) is 1.64. The second kappa shape index (κ2) is 5.82. The normalized spacial score (nSPS) is 20.4. The van der Waals surface area contributed by atoms with E-state index >= 15 is 0 Å². The quantitative estimate of drug-likeness (QED) is 0.669. The van der Waals surface area contributed by atoms with Crippen molar-refractivity contribution in [3.63, 3.8) is 0 Å². The molecule has 0 atom stereocenters. The lowest BCUT2D eigenvalue weighted by Gasteiger charge is -2.19. The van der Waals surface area contributed by atoms with Gasteiger partial charge in [0.2, 0.25) is 0 Å². The fourth-order valence-corrected chi connectivity index (χ4v) is 1.64. The van der Waals surface area contributed by atoms with E-state index in [1.807, 2.05) is 0 Å². The lowest BCUT2D eigenvalue weighted by Crippen LogP contribution is -2.36. The predicted molar refractivity (Wildman–Crippen MR) is 54.6 cm³/mol. The van der Waals surface area contributed by atoms with Gasteiger partial charge < -0.3 is 20.2 Å². The van der Waals surface area contributed by atoms with Crippen molar-refractivity contribution in [2.45, 2.75) is 6.42 Å². The van der Waals surface area contributed by atoms with E-state index in [4.69, 9.17) is 5.11 Å². The van der Waals surface area contributed by atoms with Crippen molar-refractivity contribution in [2.24, 2.45) is 0 Å². The molecule has 1 fully saturated rings. The number of likely N-dealkylation sites (N-methyl/N-ethyl adjacent to an activating group) is 1. The van der Waals surface area contributed by atoms with Crippen molar-refractivity contribution in [2.75, 3.05) is 46.3 Å². The van der Waals surface area contributed by atoms with E-state index in [-0.39, 0.29) is 0 Å². The standard InChI is InChI=1S/C9H19N3O2/c1-11-4-2-5-12(8-7-11)6-3-10-9(13)14/h10H,2-8H2,1H3,(H,13,14). The smallest absolute Gasteiger partial charge is 0.404 e. The van der Waals surface area contributed by atoms with E-state index in [2.05, 4.69) is 22.2 Å². The van der Waals surface area contributed by atoms with Gasteiger partial charge in [0.15, 0.2) is 0 Å². The first-order valence-corrected chi connectivity index (χ1v) is 5.06. The fraction of sp³-hybridized carbons (Fsp3) is 0.889. The molecular formula is C9H19N3O2. The van der Waals surface area contributed by atoms with Crippen LogP contribution in [0.1, 0.15) is 6.42 Å². The summed E-state index contributed by atoms with van der Waals surface area (Å²) in [6, 6.07) is 0. The Morgan fingerprint density at radius 3 is 2.86 bits per heavy atom. The summed E-state index contributed by atoms with van der Waals surface area (Å²) in [5, 5.41) is 10.8. The lowest BCUT2D eigenvalue weighted by atomic mass is 10.4. The summed E-state index contributed by atoms with van der Waals surface area (Å²) in [7, 11) is 2.12. The Kier molecular flexibility index (Phi) is 4.69. The molecule has 14 heavy (non-hydrogen) atoms. The SMILES string of the molecule is CN1CCCN(CCNC(=O)O)CC1. The molecule has 1 saturated heterocycles. The Hall–Kier alpha value is -0.810. The van der Waals surface area contributed by atoms with Crippen LogP contribution < -0.4 is 5.32 Å². The van der Waals surface area contributed by atoms with E-state index in [0.717, 1.165) is 32.7 Å². The zero-order valence-corrected chi connectivity index (χ0v) is 8.70. The first-order chi connectivity index (χ1) is 6.68. The maximum Gasteiger partial charge on any atom is 0.404 e. The summed E-state index contributed by atoms with van der Waals surface area (Å²) >= 11 is 0. The molecule has 0 bridgehead atoms. The van der Waals surface area contributed by atoms with Crippen LogP contribution in [0, 0.1) is 0 Å². The van der Waals surface area contributed by atoms with Gasteiger partial charge in [0.25, 0.3) is 0 Å². The minimum absolute atomic E-state index is 0.527. The minimum Gasteiger partial charge on any atom is -0.465 e. The Bertz CT molecular complexity index is 187. The number of amides is 1. The van der Waals surface area contributed by atoms with Crippen LogP contribution in [0.4, 0.5) is 4.79 Å². The van der Waals surface area contributed by atoms with Crippen LogP contribution >= 0.6 is 0 Å². The highest BCUT2D eigenvalue weighted by Crippen LogP contribution is 1.99. The molecule has 0 aromatic carbocycles. The minimum atomic E-state index is -0.933. The largest absolute Gasteiger partial charge is 0.465 e. The van der Waals surface area contributed by atoms with Crippen molar-refractivity contribution < 1.29 is 9.90 Å². The van der Waals surface area contributed by atoms with Gasteiger partial charge in [-0.15, -0.1) is 0 Å². The first kappa shape index (κ1) is 11.3. The van der Waals surface area contributed by atoms with Crippen molar-refractivity contribution >= 4 is 6.09 Å². The van der Waals surface area contributed by atoms with Crippen molar-refractivity contribution in [3.05, 3.63) is 0 Å². The van der Waals surface area contributed by atoms with Gasteiger partial charge in [-0.2, -0.15) is 0 Å². The summed E-state index contributed by atoms with van der Waals surface area (Å²) in [5.74, 6) is 0. The first-order valence-electron chi connectivity index (χ1n) is 5.06. The molecule has 0 aliphatic carbocycles. The average molecular weight is 201 g/mol. The van der Waals surface area contributed by atoms with Gasteiger partial charge in [-0.05, 0) is 26.6 Å². The van der Waals surface area contributed by atoms with Crippen molar-refractivity contribution in [1.82, 2.24) is 15.1 Å². The molecule has 5 heteroatoms. The number of hydrogen-bond donors (Lipinski definition) is 2. The summed E-state index contributed by atoms with van der Waals surface area (Å²) in [6.45, 7) is 5.68. The zero-order valence-electron chi connectivity index (χ0n) is 8.70. The molecule has 0 aromatic rings. The highest BCUT2D eigenvalue weighted by molar-refractivity contribution is 5.64. The van der Waals surface area contributed by atoms with Crippen LogP contribution in [0.15, 0.2) is 0 Å². The predicted octanol–water partition coefficient (Wildman–Crippen LogP) is -0.108. The molecule has 0 aromatic heterocycles. The molecule has 1 amide bonds. The number of nitrogens with one attached hydrogen (secondary N) is 1. The van der Waals surface area contributed by atoms with Gasteiger partial charge in [0.05, 0.1) is 0 Å². The molecule has 0 saturated carbocycles. The zero-order chi connectivity index (χ0) is 10.4. The van der Waals surface area contributed by atoms with Crippen LogP contribution in [0.25, 0.3) is 0 Å². The molecule has 1 heterocycles. The second-order valence-corrected chi connectivity index (χ2v) is 3.73. The Morgan fingerprint density at radius 1 is 1.36 bits per heavy atom. The summed E-state index contributed by atoms with van der Waals surface area (Å²) in [6.07, 6.45) is 0.237. The molecule has 0 spiro atoms. The summed E-state index contributed by atoms with van der Waals surface area (Å²) < 4.78 is 0. The highest BCUT2D eigenvalue weighted by atomic mass is 16.4. The number of carboxylic acid groups (broad SMARTS) is 1. The van der Waals surface area contributed by atoms with Gasteiger partial charge in [0.1, 0.15) is 0 Å². The molecular weight excluding hydrogens is 182 g/mol. The third-order valence-corrected chi connectivity index (χ3v) is 2.52. The second-order valence-electron chi connectivity index (χ2n) is 3.73. The van der Waals surface area contributed by atoms with E-state index < -0.39 is 6.09 Å². The molecule has 2 N–H and O–H groups in total. The molecule has 1 aliphatic rings. The van der Waals surface area contributed by atoms with Crippen LogP contribution in [0.5, 0.6) is 0 Å². The number of rotatable bonds is 3. The van der Waals surface area contributed by atoms with E-state index in [1.165, 1.54) is 6.42 Å². The number of hydrogen-bond acceptors (Lipinski definition) is 3. The lowest BCUT2D eigenvalue weighted by molar-refractivity contribution is 0.191. The molecule has 1 aliphatic heterocycles. The third-order valence-electron chi connectivity index (χ3n) is 2.52. The van der Waals surface area contributed by atoms with Gasteiger partial charge in [-0.1, -0.05) is 0 Å². The number of nitrogens with zero attached hydrogens (tertiary/aromatic N) is 2. The van der Waals surface area contributed by atoms with Crippen molar-refractivity contribution in [3.8, 4) is 0 Å². The van der Waals surface area contributed by atoms with Crippen LogP contribution in [-0.2, 0) is 0 Å². The van der Waals surface area contributed by atoms with E-state index in [1.54, 1.807) is 0 Å². The molecule has 1 rings (SSSR count). The maximum absolute atomic E-state index is 10.2. The number of carbonyl (C=O) groups is 1.